The molecule has 4 rings (SSSR count). The smallest absolute Gasteiger partial charge is 0.316 e. The highest BCUT2D eigenvalue weighted by Gasteiger charge is 2.12. The number of aromatic amines is 1. The topological polar surface area (TPSA) is 114 Å². The molecule has 0 aromatic carbocycles. The Morgan fingerprint density at radius 2 is 2.09 bits per heavy atom. The van der Waals surface area contributed by atoms with E-state index in [2.05, 4.69) is 37.2 Å². The van der Waals surface area contributed by atoms with Crippen LogP contribution in [0.3, 0.4) is 0 Å². The Labute approximate surface area is 209 Å². The number of H-pyrrole nitrogens is 1. The van der Waals surface area contributed by atoms with Crippen LogP contribution in [-0.2, 0) is 9.53 Å². The molecule has 1 aliphatic heterocycles. The van der Waals surface area contributed by atoms with Gasteiger partial charge < -0.3 is 19.8 Å². The van der Waals surface area contributed by atoms with Gasteiger partial charge in [0.05, 0.1) is 29.6 Å². The van der Waals surface area contributed by atoms with Crippen molar-refractivity contribution in [3.63, 3.8) is 0 Å². The fourth-order valence-electron chi connectivity index (χ4n) is 3.34. The van der Waals surface area contributed by atoms with Crippen LogP contribution in [0, 0.1) is 0 Å². The zero-order valence-corrected chi connectivity index (χ0v) is 20.9. The van der Waals surface area contributed by atoms with Gasteiger partial charge in [-0.15, -0.1) is 0 Å². The van der Waals surface area contributed by atoms with Crippen molar-refractivity contribution in [2.45, 2.75) is 46.5 Å². The van der Waals surface area contributed by atoms with Crippen molar-refractivity contribution in [3.05, 3.63) is 41.7 Å². The Hall–Kier alpha value is -3.59. The van der Waals surface area contributed by atoms with Crippen molar-refractivity contribution >= 4 is 28.8 Å². The average molecular weight is 483 g/mol. The summed E-state index contributed by atoms with van der Waals surface area (Å²) in [6, 6.07) is 5.83. The number of amides is 1. The Morgan fingerprint density at radius 3 is 2.74 bits per heavy atom. The van der Waals surface area contributed by atoms with Crippen molar-refractivity contribution in [3.8, 4) is 17.4 Å². The molecule has 1 aliphatic rings. The number of unbranched alkanes of at least 4 members (excludes halogenated alkanes) is 1. The third-order valence-corrected chi connectivity index (χ3v) is 5.31. The van der Waals surface area contributed by atoms with E-state index >= 15 is 0 Å². The van der Waals surface area contributed by atoms with Gasteiger partial charge >= 0.3 is 6.01 Å². The third-order valence-electron chi connectivity index (χ3n) is 5.31. The number of anilines is 1. The van der Waals surface area contributed by atoms with Crippen LogP contribution in [0.4, 0.5) is 5.82 Å². The number of hydrogen-bond acceptors (Lipinski definition) is 7. The summed E-state index contributed by atoms with van der Waals surface area (Å²) in [5, 5.41) is 3.77. The number of pyridine rings is 1. The number of methoxy groups -OCH3 is 1. The highest BCUT2D eigenvalue weighted by molar-refractivity contribution is 6.18. The van der Waals surface area contributed by atoms with Crippen molar-refractivity contribution < 1.29 is 17.1 Å². The minimum atomic E-state index is -0.227. The number of rotatable bonds is 8. The molecule has 9 nitrogen and oxygen atoms in total. The molecule has 3 aromatic heterocycles. The number of nitrogens with one attached hydrogen (secondary N) is 2. The number of fused-ring (bicyclic) bond motifs is 1. The number of carbonyl (C=O) groups excluding carboxylic acids is 1. The Kier molecular flexibility index (Phi) is 9.92. The van der Waals surface area contributed by atoms with Crippen LogP contribution in [0.25, 0.3) is 22.3 Å². The first-order valence-corrected chi connectivity index (χ1v) is 11.9. The van der Waals surface area contributed by atoms with Gasteiger partial charge in [0.1, 0.15) is 5.82 Å². The van der Waals surface area contributed by atoms with Gasteiger partial charge in [-0.1, -0.05) is 18.9 Å². The van der Waals surface area contributed by atoms with Crippen LogP contribution in [0.5, 0.6) is 6.01 Å². The standard InChI is InChI=1S/C22H26N6O2.C4H8O.2H2/c1-5-6-8-23-13-16(14(2)3)21(29)28-20-11-18-15(12-25-20)10-19(26-18)17-7-9-24-22(27-17)30-4;1-2-4-5-3-1;;/h7,9-13,26H,5-6,8H2,1-4H3,(H,25,28,29);1-4H2;2*1H. The monoisotopic (exact) mass is 482 g/mol. The van der Waals surface area contributed by atoms with Gasteiger partial charge in [0.15, 0.2) is 0 Å². The molecule has 0 bridgehead atoms. The van der Waals surface area contributed by atoms with Gasteiger partial charge in [-0.25, -0.2) is 9.97 Å². The van der Waals surface area contributed by atoms with Crippen molar-refractivity contribution in [2.24, 2.45) is 4.99 Å². The average Bonchev–Trinajstić information content (AvgIpc) is 3.57. The molecule has 0 unspecified atom stereocenters. The largest absolute Gasteiger partial charge is 0.467 e. The lowest BCUT2D eigenvalue weighted by Gasteiger charge is -2.07. The van der Waals surface area contributed by atoms with Gasteiger partial charge in [0, 0.05) is 52.7 Å². The quantitative estimate of drug-likeness (QED) is 0.250. The van der Waals surface area contributed by atoms with Gasteiger partial charge in [-0.2, -0.15) is 4.98 Å². The van der Waals surface area contributed by atoms with Gasteiger partial charge in [0.25, 0.3) is 5.91 Å². The van der Waals surface area contributed by atoms with E-state index in [0.29, 0.717) is 29.6 Å². The second-order valence-corrected chi connectivity index (χ2v) is 8.34. The molecule has 190 valence electrons. The maximum atomic E-state index is 12.7. The molecule has 1 fully saturated rings. The Bertz CT molecular complexity index is 1180. The van der Waals surface area contributed by atoms with Gasteiger partial charge in [-0.3, -0.25) is 9.79 Å². The molecule has 0 aliphatic carbocycles. The van der Waals surface area contributed by atoms with Crippen LogP contribution >= 0.6 is 0 Å². The first kappa shape index (κ1) is 26.0. The fraction of sp³-hybridized carbons (Fsp3) is 0.423. The molecule has 0 spiro atoms. The molecule has 0 radical (unpaired) electrons. The first-order chi connectivity index (χ1) is 17.0. The molecular weight excluding hydrogens is 444 g/mol. The number of ether oxygens (including phenoxy) is 2. The lowest BCUT2D eigenvalue weighted by Crippen LogP contribution is -2.17. The minimum absolute atomic E-state index is 0. The normalized spacial score (nSPS) is 12.9. The van der Waals surface area contributed by atoms with Gasteiger partial charge in [0.2, 0.25) is 0 Å². The zero-order chi connectivity index (χ0) is 25.0. The molecule has 9 heteroatoms. The number of carbonyl (C=O) groups is 1. The number of nitrogens with zero attached hydrogens (tertiary/aromatic N) is 4. The third kappa shape index (κ3) is 7.71. The van der Waals surface area contributed by atoms with Crippen molar-refractivity contribution in [1.29, 1.82) is 0 Å². The van der Waals surface area contributed by atoms with Gasteiger partial charge in [-0.05, 0) is 45.2 Å². The molecule has 0 saturated carbocycles. The molecule has 3 aromatic rings. The van der Waals surface area contributed by atoms with Crippen molar-refractivity contribution in [1.82, 2.24) is 19.9 Å². The maximum Gasteiger partial charge on any atom is 0.316 e. The summed E-state index contributed by atoms with van der Waals surface area (Å²) in [5.41, 5.74) is 3.80. The number of aromatic nitrogens is 4. The minimum Gasteiger partial charge on any atom is -0.467 e. The zero-order valence-electron chi connectivity index (χ0n) is 20.9. The van der Waals surface area contributed by atoms with E-state index in [-0.39, 0.29) is 8.76 Å². The van der Waals surface area contributed by atoms with Crippen LogP contribution in [0.1, 0.15) is 49.3 Å². The summed E-state index contributed by atoms with van der Waals surface area (Å²) in [6.07, 6.45) is 9.62. The second kappa shape index (κ2) is 13.3. The predicted molar refractivity (Wildman–Crippen MR) is 143 cm³/mol. The first-order valence-electron chi connectivity index (χ1n) is 11.9. The summed E-state index contributed by atoms with van der Waals surface area (Å²) in [5.74, 6) is 0.233. The number of aliphatic imine (C=N–C) groups is 1. The summed E-state index contributed by atoms with van der Waals surface area (Å²) in [6.45, 7) is 8.61. The molecule has 0 atom stereocenters. The summed E-state index contributed by atoms with van der Waals surface area (Å²) in [4.78, 5) is 33.1. The van der Waals surface area contributed by atoms with E-state index in [1.807, 2.05) is 19.9 Å². The molecule has 2 N–H and O–H groups in total. The van der Waals surface area contributed by atoms with Crippen molar-refractivity contribution in [2.75, 3.05) is 32.2 Å². The summed E-state index contributed by atoms with van der Waals surface area (Å²) in [7, 11) is 1.53. The molecule has 1 saturated heterocycles. The second-order valence-electron chi connectivity index (χ2n) is 8.34. The van der Waals surface area contributed by atoms with Crippen LogP contribution < -0.4 is 10.1 Å². The van der Waals surface area contributed by atoms with Crippen LogP contribution in [0.2, 0.25) is 0 Å². The lowest BCUT2D eigenvalue weighted by atomic mass is 10.1. The number of allylic oxidation sites excluding steroid dienone is 1. The SMILES string of the molecule is C1CCOC1.CCCCN=CC(C(=O)Nc1cc2[nH]c(-c3ccnc(OC)n3)cc2cn1)=C(C)C.[HH].[HH]. The van der Waals surface area contributed by atoms with E-state index in [1.54, 1.807) is 30.7 Å². The molecule has 1 amide bonds. The Balaban J connectivity index is 0.000000875. The highest BCUT2D eigenvalue weighted by atomic mass is 16.5. The van der Waals surface area contributed by atoms with E-state index in [4.69, 9.17) is 9.47 Å². The number of hydrogen-bond donors (Lipinski definition) is 2. The molecular formula is C26H38N6O3. The fourth-order valence-corrected chi connectivity index (χ4v) is 3.34. The highest BCUT2D eigenvalue weighted by Crippen LogP contribution is 2.24. The van der Waals surface area contributed by atoms with Crippen LogP contribution in [-0.4, -0.2) is 58.9 Å². The van der Waals surface area contributed by atoms with Crippen LogP contribution in [0.15, 0.2) is 46.7 Å². The van der Waals surface area contributed by atoms with E-state index < -0.39 is 0 Å². The van der Waals surface area contributed by atoms with E-state index in [9.17, 15) is 4.79 Å². The summed E-state index contributed by atoms with van der Waals surface area (Å²) < 4.78 is 10.0. The Morgan fingerprint density at radius 1 is 1.29 bits per heavy atom. The summed E-state index contributed by atoms with van der Waals surface area (Å²) >= 11 is 0. The van der Waals surface area contributed by atoms with E-state index in [1.165, 1.54) is 20.0 Å². The predicted octanol–water partition coefficient (Wildman–Crippen LogP) is 5.46. The van der Waals surface area contributed by atoms with E-state index in [0.717, 1.165) is 48.2 Å². The lowest BCUT2D eigenvalue weighted by molar-refractivity contribution is -0.112. The maximum absolute atomic E-state index is 12.7. The molecule has 35 heavy (non-hydrogen) atoms. The molecule has 4 heterocycles.